The molecule has 0 bridgehead atoms. The SMILES string of the molecule is CCOc1c(O)ccc(C=O)c1N1Cc2ccccc2C1. The van der Waals surface area contributed by atoms with Gasteiger partial charge in [0.05, 0.1) is 12.3 Å². The first-order valence-corrected chi connectivity index (χ1v) is 7.00. The summed E-state index contributed by atoms with van der Waals surface area (Å²) in [4.78, 5) is 13.4. The Morgan fingerprint density at radius 3 is 2.43 bits per heavy atom. The van der Waals surface area contributed by atoms with Gasteiger partial charge in [0.1, 0.15) is 0 Å². The zero-order chi connectivity index (χ0) is 14.8. The number of aldehydes is 1. The number of hydrogen-bond acceptors (Lipinski definition) is 4. The van der Waals surface area contributed by atoms with Crippen LogP contribution in [-0.2, 0) is 13.1 Å². The molecule has 0 aliphatic carbocycles. The molecule has 0 saturated carbocycles. The number of ether oxygens (including phenoxy) is 1. The lowest BCUT2D eigenvalue weighted by Crippen LogP contribution is -2.18. The number of anilines is 1. The quantitative estimate of drug-likeness (QED) is 0.876. The molecule has 21 heavy (non-hydrogen) atoms. The van der Waals surface area contributed by atoms with Crippen LogP contribution in [0.3, 0.4) is 0 Å². The molecule has 1 N–H and O–H groups in total. The van der Waals surface area contributed by atoms with Gasteiger partial charge in [0.2, 0.25) is 0 Å². The summed E-state index contributed by atoms with van der Waals surface area (Å²) in [5.41, 5.74) is 3.67. The predicted molar refractivity (Wildman–Crippen MR) is 81.0 cm³/mol. The first kappa shape index (κ1) is 13.5. The van der Waals surface area contributed by atoms with E-state index < -0.39 is 0 Å². The zero-order valence-electron chi connectivity index (χ0n) is 11.9. The molecule has 1 aliphatic rings. The average Bonchev–Trinajstić information content (AvgIpc) is 2.92. The van der Waals surface area contributed by atoms with Gasteiger partial charge < -0.3 is 14.7 Å². The molecule has 1 aliphatic heterocycles. The standard InChI is InChI=1S/C17H17NO3/c1-2-21-17-15(20)8-7-14(11-19)16(17)18-9-12-5-3-4-6-13(12)10-18/h3-8,11,20H,2,9-10H2,1H3. The second-order valence-corrected chi connectivity index (χ2v) is 5.03. The van der Waals surface area contributed by atoms with Gasteiger partial charge in [-0.2, -0.15) is 0 Å². The molecule has 1 heterocycles. The first-order chi connectivity index (χ1) is 10.2. The summed E-state index contributed by atoms with van der Waals surface area (Å²) in [6.45, 7) is 3.71. The monoisotopic (exact) mass is 283 g/mol. The van der Waals surface area contributed by atoms with Crippen molar-refractivity contribution in [3.63, 3.8) is 0 Å². The van der Waals surface area contributed by atoms with E-state index in [1.54, 1.807) is 6.07 Å². The molecule has 0 saturated heterocycles. The second kappa shape index (κ2) is 5.48. The average molecular weight is 283 g/mol. The van der Waals surface area contributed by atoms with E-state index in [9.17, 15) is 9.90 Å². The van der Waals surface area contributed by atoms with Gasteiger partial charge in [-0.15, -0.1) is 0 Å². The van der Waals surface area contributed by atoms with Crippen LogP contribution in [0.2, 0.25) is 0 Å². The molecular weight excluding hydrogens is 266 g/mol. The van der Waals surface area contributed by atoms with E-state index in [0.717, 1.165) is 6.29 Å². The number of phenolic OH excluding ortho intramolecular Hbond substituents is 1. The second-order valence-electron chi connectivity index (χ2n) is 5.03. The van der Waals surface area contributed by atoms with Crippen LogP contribution in [0.25, 0.3) is 0 Å². The highest BCUT2D eigenvalue weighted by atomic mass is 16.5. The third-order valence-electron chi connectivity index (χ3n) is 3.71. The van der Waals surface area contributed by atoms with Crippen LogP contribution in [0.5, 0.6) is 11.5 Å². The fourth-order valence-corrected chi connectivity index (χ4v) is 2.77. The van der Waals surface area contributed by atoms with Crippen LogP contribution in [0.4, 0.5) is 5.69 Å². The van der Waals surface area contributed by atoms with Gasteiger partial charge in [-0.25, -0.2) is 0 Å². The summed E-state index contributed by atoms with van der Waals surface area (Å²) in [7, 11) is 0. The van der Waals surface area contributed by atoms with Crippen LogP contribution in [0.15, 0.2) is 36.4 Å². The highest BCUT2D eigenvalue weighted by Crippen LogP contribution is 2.42. The minimum Gasteiger partial charge on any atom is -0.504 e. The van der Waals surface area contributed by atoms with Crippen molar-refractivity contribution < 1.29 is 14.6 Å². The Hall–Kier alpha value is -2.49. The van der Waals surface area contributed by atoms with Crippen molar-refractivity contribution in [2.24, 2.45) is 0 Å². The topological polar surface area (TPSA) is 49.8 Å². The summed E-state index contributed by atoms with van der Waals surface area (Å²) >= 11 is 0. The maximum absolute atomic E-state index is 11.4. The van der Waals surface area contributed by atoms with Crippen molar-refractivity contribution in [3.8, 4) is 11.5 Å². The molecule has 2 aromatic carbocycles. The largest absolute Gasteiger partial charge is 0.504 e. The number of aromatic hydroxyl groups is 1. The molecule has 2 aromatic rings. The number of rotatable bonds is 4. The van der Waals surface area contributed by atoms with Gasteiger partial charge in [0.15, 0.2) is 17.8 Å². The normalized spacial score (nSPS) is 13.1. The van der Waals surface area contributed by atoms with E-state index in [-0.39, 0.29) is 5.75 Å². The first-order valence-electron chi connectivity index (χ1n) is 7.00. The third-order valence-corrected chi connectivity index (χ3v) is 3.71. The minimum absolute atomic E-state index is 0.0633. The van der Waals surface area contributed by atoms with Crippen molar-refractivity contribution >= 4 is 12.0 Å². The molecule has 4 nitrogen and oxygen atoms in total. The Balaban J connectivity index is 2.06. The van der Waals surface area contributed by atoms with Gasteiger partial charge in [-0.1, -0.05) is 24.3 Å². The number of benzene rings is 2. The van der Waals surface area contributed by atoms with Gasteiger partial charge in [0.25, 0.3) is 0 Å². The predicted octanol–water partition coefficient (Wildman–Crippen LogP) is 3.12. The van der Waals surface area contributed by atoms with Crippen LogP contribution in [0, 0.1) is 0 Å². The smallest absolute Gasteiger partial charge is 0.185 e. The molecule has 0 fully saturated rings. The van der Waals surface area contributed by atoms with Crippen molar-refractivity contribution in [2.45, 2.75) is 20.0 Å². The molecule has 0 radical (unpaired) electrons. The maximum Gasteiger partial charge on any atom is 0.185 e. The molecule has 108 valence electrons. The maximum atomic E-state index is 11.4. The van der Waals surface area contributed by atoms with Crippen LogP contribution < -0.4 is 9.64 Å². The Morgan fingerprint density at radius 2 is 1.86 bits per heavy atom. The number of hydrogen-bond donors (Lipinski definition) is 1. The summed E-state index contributed by atoms with van der Waals surface area (Å²) in [6.07, 6.45) is 0.806. The molecule has 0 aromatic heterocycles. The number of carbonyl (C=O) groups is 1. The van der Waals surface area contributed by atoms with Crippen molar-refractivity contribution in [3.05, 3.63) is 53.1 Å². The molecule has 0 atom stereocenters. The molecule has 4 heteroatoms. The fraction of sp³-hybridized carbons (Fsp3) is 0.235. The number of phenols is 1. The van der Waals surface area contributed by atoms with Crippen molar-refractivity contribution in [1.29, 1.82) is 0 Å². The van der Waals surface area contributed by atoms with E-state index in [2.05, 4.69) is 17.0 Å². The molecule has 0 amide bonds. The van der Waals surface area contributed by atoms with Gasteiger partial charge in [0, 0.05) is 18.7 Å². The fourth-order valence-electron chi connectivity index (χ4n) is 2.77. The lowest BCUT2D eigenvalue weighted by molar-refractivity contribution is 0.112. The molecular formula is C17H17NO3. The Morgan fingerprint density at radius 1 is 1.19 bits per heavy atom. The zero-order valence-corrected chi connectivity index (χ0v) is 11.9. The molecule has 0 spiro atoms. The van der Waals surface area contributed by atoms with E-state index in [1.807, 2.05) is 19.1 Å². The van der Waals surface area contributed by atoms with E-state index >= 15 is 0 Å². The summed E-state index contributed by atoms with van der Waals surface area (Å²) in [6, 6.07) is 11.3. The van der Waals surface area contributed by atoms with Crippen LogP contribution in [-0.4, -0.2) is 18.0 Å². The van der Waals surface area contributed by atoms with Crippen molar-refractivity contribution in [2.75, 3.05) is 11.5 Å². The third kappa shape index (κ3) is 2.33. The van der Waals surface area contributed by atoms with Gasteiger partial charge >= 0.3 is 0 Å². The highest BCUT2D eigenvalue weighted by Gasteiger charge is 2.25. The van der Waals surface area contributed by atoms with Crippen LogP contribution >= 0.6 is 0 Å². The Bertz CT molecular complexity index is 657. The number of nitrogens with zero attached hydrogens (tertiary/aromatic N) is 1. The number of fused-ring (bicyclic) bond motifs is 1. The summed E-state index contributed by atoms with van der Waals surface area (Å²) < 4.78 is 5.57. The lowest BCUT2D eigenvalue weighted by atomic mass is 10.1. The van der Waals surface area contributed by atoms with Gasteiger partial charge in [-0.05, 0) is 30.2 Å². The van der Waals surface area contributed by atoms with E-state index in [0.29, 0.717) is 36.7 Å². The van der Waals surface area contributed by atoms with Crippen molar-refractivity contribution in [1.82, 2.24) is 0 Å². The number of carbonyl (C=O) groups excluding carboxylic acids is 1. The summed E-state index contributed by atoms with van der Waals surface area (Å²) in [5, 5.41) is 10.1. The van der Waals surface area contributed by atoms with E-state index in [4.69, 9.17) is 4.74 Å². The highest BCUT2D eigenvalue weighted by molar-refractivity contribution is 5.89. The van der Waals surface area contributed by atoms with Gasteiger partial charge in [-0.3, -0.25) is 4.79 Å². The van der Waals surface area contributed by atoms with Crippen LogP contribution in [0.1, 0.15) is 28.4 Å². The summed E-state index contributed by atoms with van der Waals surface area (Å²) in [5.74, 6) is 0.448. The lowest BCUT2D eigenvalue weighted by Gasteiger charge is -2.23. The van der Waals surface area contributed by atoms with E-state index in [1.165, 1.54) is 17.2 Å². The Kier molecular flexibility index (Phi) is 3.52. The Labute approximate surface area is 123 Å². The molecule has 0 unspecified atom stereocenters. The minimum atomic E-state index is 0.0633. The molecule has 3 rings (SSSR count).